The van der Waals surface area contributed by atoms with Crippen LogP contribution in [0.3, 0.4) is 0 Å². The summed E-state index contributed by atoms with van der Waals surface area (Å²) in [5.74, 6) is -0.0209. The highest BCUT2D eigenvalue weighted by Gasteiger charge is 2.29. The third-order valence-electron chi connectivity index (χ3n) is 3.88. The van der Waals surface area contributed by atoms with Crippen molar-refractivity contribution in [3.8, 4) is 0 Å². The average Bonchev–Trinajstić information content (AvgIpc) is 2.53. The van der Waals surface area contributed by atoms with E-state index in [9.17, 15) is 18.0 Å². The van der Waals surface area contributed by atoms with E-state index >= 15 is 0 Å². The van der Waals surface area contributed by atoms with Crippen molar-refractivity contribution in [2.45, 2.75) is 29.8 Å². The molecule has 9 heteroatoms. The van der Waals surface area contributed by atoms with Crippen LogP contribution in [0.4, 0.5) is 13.2 Å². The minimum absolute atomic E-state index is 0. The number of amides is 1. The number of benzene rings is 1. The predicted molar refractivity (Wildman–Crippen MR) is 95.7 cm³/mol. The third-order valence-corrected chi connectivity index (χ3v) is 4.62. The summed E-state index contributed by atoms with van der Waals surface area (Å²) in [5, 5.41) is 2.82. The molecule has 1 amide bonds. The van der Waals surface area contributed by atoms with Crippen LogP contribution in [0.1, 0.15) is 18.4 Å². The first-order valence-electron chi connectivity index (χ1n) is 7.92. The molecule has 25 heavy (non-hydrogen) atoms. The van der Waals surface area contributed by atoms with Crippen molar-refractivity contribution in [2.75, 3.05) is 26.2 Å². The van der Waals surface area contributed by atoms with Crippen LogP contribution in [-0.4, -0.2) is 42.5 Å². The molecule has 1 aliphatic rings. The third kappa shape index (κ3) is 7.85. The first-order chi connectivity index (χ1) is 11.4. The molecule has 1 atom stereocenters. The predicted octanol–water partition coefficient (Wildman–Crippen LogP) is 3.01. The van der Waals surface area contributed by atoms with Gasteiger partial charge in [-0.3, -0.25) is 9.69 Å². The number of halogens is 4. The standard InChI is InChI=1S/C16H22F3N3OS.ClH/c17-16(18,19)24-14-5-3-12(4-6-14)10-22-9-1-2-13(11-22)15(23)21-8-7-20;/h3-6,13H,1-2,7-11,20H2,(H,21,23);1H. The molecule has 1 aliphatic heterocycles. The summed E-state index contributed by atoms with van der Waals surface area (Å²) in [6, 6.07) is 6.41. The van der Waals surface area contributed by atoms with Gasteiger partial charge in [-0.15, -0.1) is 12.4 Å². The number of carbonyl (C=O) groups excluding carboxylic acids is 1. The lowest BCUT2D eigenvalue weighted by Crippen LogP contribution is -2.43. The lowest BCUT2D eigenvalue weighted by molar-refractivity contribution is -0.126. The zero-order valence-corrected chi connectivity index (χ0v) is 15.4. The summed E-state index contributed by atoms with van der Waals surface area (Å²) < 4.78 is 37.0. The number of hydrogen-bond acceptors (Lipinski definition) is 4. The molecule has 1 fully saturated rings. The fraction of sp³-hybridized carbons (Fsp3) is 0.562. The molecule has 1 saturated heterocycles. The molecule has 0 bridgehead atoms. The lowest BCUT2D eigenvalue weighted by atomic mass is 9.96. The van der Waals surface area contributed by atoms with Crippen LogP contribution >= 0.6 is 24.2 Å². The molecule has 0 saturated carbocycles. The van der Waals surface area contributed by atoms with Crippen molar-refractivity contribution in [3.05, 3.63) is 29.8 Å². The Bertz CT molecular complexity index is 542. The Morgan fingerprint density at radius 3 is 2.60 bits per heavy atom. The maximum atomic E-state index is 12.3. The average molecular weight is 398 g/mol. The Morgan fingerprint density at radius 1 is 1.32 bits per heavy atom. The number of thioether (sulfide) groups is 1. The van der Waals surface area contributed by atoms with E-state index in [0.717, 1.165) is 24.9 Å². The largest absolute Gasteiger partial charge is 0.446 e. The summed E-state index contributed by atoms with van der Waals surface area (Å²) in [6.45, 7) is 3.09. The molecule has 0 aliphatic carbocycles. The van der Waals surface area contributed by atoms with E-state index in [1.165, 1.54) is 12.1 Å². The van der Waals surface area contributed by atoms with Gasteiger partial charge in [0.25, 0.3) is 0 Å². The first kappa shape index (κ1) is 22.1. The van der Waals surface area contributed by atoms with Crippen molar-refractivity contribution < 1.29 is 18.0 Å². The van der Waals surface area contributed by atoms with Crippen molar-refractivity contribution in [1.29, 1.82) is 0 Å². The van der Waals surface area contributed by atoms with Gasteiger partial charge in [0.05, 0.1) is 5.92 Å². The second-order valence-corrected chi connectivity index (χ2v) is 6.98. The molecule has 4 nitrogen and oxygen atoms in total. The van der Waals surface area contributed by atoms with E-state index in [0.29, 0.717) is 26.2 Å². The van der Waals surface area contributed by atoms with E-state index in [1.807, 2.05) is 0 Å². The van der Waals surface area contributed by atoms with Crippen LogP contribution in [-0.2, 0) is 11.3 Å². The minimum atomic E-state index is -4.27. The molecule has 0 radical (unpaired) electrons. The Morgan fingerprint density at radius 2 is 2.00 bits per heavy atom. The normalized spacial score (nSPS) is 18.5. The summed E-state index contributed by atoms with van der Waals surface area (Å²) in [6.07, 6.45) is 1.79. The van der Waals surface area contributed by atoms with Gasteiger partial charge in [0.2, 0.25) is 5.91 Å². The summed E-state index contributed by atoms with van der Waals surface area (Å²) >= 11 is -0.109. The Kier molecular flexibility index (Phi) is 9.06. The van der Waals surface area contributed by atoms with Crippen molar-refractivity contribution in [1.82, 2.24) is 10.2 Å². The molecule has 1 aromatic carbocycles. The maximum Gasteiger partial charge on any atom is 0.446 e. The highest BCUT2D eigenvalue weighted by atomic mass is 35.5. The second kappa shape index (κ2) is 10.3. The fourth-order valence-electron chi connectivity index (χ4n) is 2.81. The number of nitrogens with two attached hydrogens (primary N) is 1. The zero-order chi connectivity index (χ0) is 17.6. The lowest BCUT2D eigenvalue weighted by Gasteiger charge is -2.32. The number of likely N-dealkylation sites (tertiary alicyclic amines) is 1. The summed E-state index contributed by atoms with van der Waals surface area (Å²) in [5.41, 5.74) is 2.07. The van der Waals surface area contributed by atoms with E-state index in [2.05, 4.69) is 10.2 Å². The van der Waals surface area contributed by atoms with Crippen LogP contribution in [0.15, 0.2) is 29.2 Å². The molecule has 1 heterocycles. The molecular formula is C16H23ClF3N3OS. The molecular weight excluding hydrogens is 375 g/mol. The van der Waals surface area contributed by atoms with E-state index in [-0.39, 0.29) is 40.9 Å². The molecule has 1 aromatic rings. The highest BCUT2D eigenvalue weighted by Crippen LogP contribution is 2.36. The smallest absolute Gasteiger partial charge is 0.355 e. The topological polar surface area (TPSA) is 58.4 Å². The van der Waals surface area contributed by atoms with Gasteiger partial charge in [-0.1, -0.05) is 12.1 Å². The Balaban J connectivity index is 0.00000312. The van der Waals surface area contributed by atoms with Gasteiger partial charge in [-0.05, 0) is 48.8 Å². The van der Waals surface area contributed by atoms with Crippen LogP contribution in [0.2, 0.25) is 0 Å². The van der Waals surface area contributed by atoms with Crippen molar-refractivity contribution in [2.24, 2.45) is 11.7 Å². The van der Waals surface area contributed by atoms with Gasteiger partial charge in [0.1, 0.15) is 0 Å². The van der Waals surface area contributed by atoms with Crippen LogP contribution in [0.25, 0.3) is 0 Å². The number of carbonyl (C=O) groups is 1. The summed E-state index contributed by atoms with van der Waals surface area (Å²) in [4.78, 5) is 14.4. The molecule has 3 N–H and O–H groups in total. The molecule has 1 unspecified atom stereocenters. The first-order valence-corrected chi connectivity index (χ1v) is 8.74. The Labute approximate surface area is 156 Å². The number of nitrogens with zero attached hydrogens (tertiary/aromatic N) is 1. The van der Waals surface area contributed by atoms with E-state index < -0.39 is 5.51 Å². The number of alkyl halides is 3. The zero-order valence-electron chi connectivity index (χ0n) is 13.7. The number of nitrogens with one attached hydrogen (secondary N) is 1. The van der Waals surface area contributed by atoms with Crippen molar-refractivity contribution >= 4 is 30.1 Å². The number of piperidine rings is 1. The van der Waals surface area contributed by atoms with E-state index in [4.69, 9.17) is 5.73 Å². The van der Waals surface area contributed by atoms with Crippen LogP contribution in [0, 0.1) is 5.92 Å². The summed E-state index contributed by atoms with van der Waals surface area (Å²) in [7, 11) is 0. The molecule has 0 spiro atoms. The molecule has 0 aromatic heterocycles. The Hall–Kier alpha value is -0.960. The molecule has 2 rings (SSSR count). The van der Waals surface area contributed by atoms with Gasteiger partial charge in [0.15, 0.2) is 0 Å². The van der Waals surface area contributed by atoms with Gasteiger partial charge in [-0.2, -0.15) is 13.2 Å². The monoisotopic (exact) mass is 397 g/mol. The quantitative estimate of drug-likeness (QED) is 0.724. The van der Waals surface area contributed by atoms with E-state index in [1.54, 1.807) is 12.1 Å². The van der Waals surface area contributed by atoms with Crippen LogP contribution in [0.5, 0.6) is 0 Å². The minimum Gasteiger partial charge on any atom is -0.355 e. The fourth-order valence-corrected chi connectivity index (χ4v) is 3.35. The number of rotatable bonds is 6. The van der Waals surface area contributed by atoms with Gasteiger partial charge >= 0.3 is 5.51 Å². The van der Waals surface area contributed by atoms with Crippen molar-refractivity contribution in [3.63, 3.8) is 0 Å². The van der Waals surface area contributed by atoms with Gasteiger partial charge < -0.3 is 11.1 Å². The maximum absolute atomic E-state index is 12.3. The second-order valence-electron chi connectivity index (χ2n) is 5.85. The van der Waals surface area contributed by atoms with Crippen LogP contribution < -0.4 is 11.1 Å². The van der Waals surface area contributed by atoms with Gasteiger partial charge in [0, 0.05) is 31.1 Å². The highest BCUT2D eigenvalue weighted by molar-refractivity contribution is 8.00. The van der Waals surface area contributed by atoms with Gasteiger partial charge in [-0.25, -0.2) is 0 Å². The number of hydrogen-bond donors (Lipinski definition) is 2. The SMILES string of the molecule is Cl.NCCNC(=O)C1CCCN(Cc2ccc(SC(F)(F)F)cc2)C1. The molecule has 142 valence electrons.